The first-order valence-electron chi connectivity index (χ1n) is 11.7. The van der Waals surface area contributed by atoms with Gasteiger partial charge >= 0.3 is 0 Å². The van der Waals surface area contributed by atoms with Gasteiger partial charge in [0.2, 0.25) is 0 Å². The first-order valence-corrected chi connectivity index (χ1v) is 11.7. The summed E-state index contributed by atoms with van der Waals surface area (Å²) in [6, 6.07) is 15.4. The van der Waals surface area contributed by atoms with Crippen LogP contribution in [0, 0.1) is 5.82 Å². The van der Waals surface area contributed by atoms with Crippen LogP contribution in [0.15, 0.2) is 72.3 Å². The molecular formula is C29H28FNO5. The molecule has 0 saturated carbocycles. The molecule has 1 amide bonds. The van der Waals surface area contributed by atoms with Gasteiger partial charge < -0.3 is 14.9 Å². The number of carbonyl (C=O) groups is 2. The van der Waals surface area contributed by atoms with Gasteiger partial charge in [0.15, 0.2) is 0 Å². The van der Waals surface area contributed by atoms with Gasteiger partial charge in [0.25, 0.3) is 11.7 Å². The van der Waals surface area contributed by atoms with Gasteiger partial charge in [-0.1, -0.05) is 39.0 Å². The molecule has 1 aliphatic heterocycles. The van der Waals surface area contributed by atoms with Gasteiger partial charge in [0, 0.05) is 16.8 Å². The van der Waals surface area contributed by atoms with Crippen LogP contribution in [-0.4, -0.2) is 28.5 Å². The molecule has 0 aliphatic carbocycles. The van der Waals surface area contributed by atoms with Crippen LogP contribution >= 0.6 is 0 Å². The van der Waals surface area contributed by atoms with Gasteiger partial charge in [-0.2, -0.15) is 0 Å². The lowest BCUT2D eigenvalue weighted by atomic mass is 9.84. The van der Waals surface area contributed by atoms with E-state index >= 15 is 0 Å². The highest BCUT2D eigenvalue weighted by molar-refractivity contribution is 6.51. The number of benzene rings is 3. The van der Waals surface area contributed by atoms with Crippen molar-refractivity contribution in [2.45, 2.75) is 39.2 Å². The minimum atomic E-state index is -1.03. The molecule has 1 aliphatic rings. The maximum absolute atomic E-state index is 14.1. The summed E-state index contributed by atoms with van der Waals surface area (Å²) >= 11 is 0. The van der Waals surface area contributed by atoms with Crippen molar-refractivity contribution in [2.75, 3.05) is 11.5 Å². The highest BCUT2D eigenvalue weighted by Crippen LogP contribution is 2.43. The van der Waals surface area contributed by atoms with E-state index in [0.717, 1.165) is 11.6 Å². The molecule has 36 heavy (non-hydrogen) atoms. The van der Waals surface area contributed by atoms with Gasteiger partial charge in [-0.3, -0.25) is 14.5 Å². The Hall–Kier alpha value is -4.13. The number of aliphatic hydroxyl groups is 1. The summed E-state index contributed by atoms with van der Waals surface area (Å²) in [7, 11) is 0. The summed E-state index contributed by atoms with van der Waals surface area (Å²) in [5.41, 5.74) is 1.37. The van der Waals surface area contributed by atoms with Crippen molar-refractivity contribution in [2.24, 2.45) is 0 Å². The molecule has 7 heteroatoms. The zero-order valence-electron chi connectivity index (χ0n) is 20.6. The lowest BCUT2D eigenvalue weighted by molar-refractivity contribution is -0.132. The number of ether oxygens (including phenoxy) is 1. The quantitative estimate of drug-likeness (QED) is 0.267. The second-order valence-electron chi connectivity index (χ2n) is 9.63. The van der Waals surface area contributed by atoms with Gasteiger partial charge in [0.1, 0.15) is 23.1 Å². The van der Waals surface area contributed by atoms with Crippen LogP contribution in [0.1, 0.15) is 50.4 Å². The maximum atomic E-state index is 14.1. The summed E-state index contributed by atoms with van der Waals surface area (Å²) in [5.74, 6) is -2.03. The Labute approximate surface area is 209 Å². The third-order valence-electron chi connectivity index (χ3n) is 6.10. The largest absolute Gasteiger partial charge is 0.508 e. The van der Waals surface area contributed by atoms with E-state index in [1.54, 1.807) is 30.3 Å². The highest BCUT2D eigenvalue weighted by Gasteiger charge is 2.47. The molecule has 1 heterocycles. The van der Waals surface area contributed by atoms with E-state index in [1.807, 2.05) is 27.7 Å². The average Bonchev–Trinajstić information content (AvgIpc) is 3.09. The third-order valence-corrected chi connectivity index (χ3v) is 6.10. The van der Waals surface area contributed by atoms with Gasteiger partial charge in [-0.15, -0.1) is 0 Å². The number of phenols is 1. The van der Waals surface area contributed by atoms with E-state index in [2.05, 4.69) is 0 Å². The molecule has 6 nitrogen and oxygen atoms in total. The second kappa shape index (κ2) is 9.49. The smallest absolute Gasteiger partial charge is 0.300 e. The number of anilines is 1. The zero-order chi connectivity index (χ0) is 26.2. The van der Waals surface area contributed by atoms with E-state index in [0.29, 0.717) is 23.5 Å². The Morgan fingerprint density at radius 3 is 2.33 bits per heavy atom. The molecule has 1 fully saturated rings. The first kappa shape index (κ1) is 25.0. The molecule has 0 aromatic heterocycles. The summed E-state index contributed by atoms with van der Waals surface area (Å²) in [4.78, 5) is 27.7. The lowest BCUT2D eigenvalue weighted by Crippen LogP contribution is -2.29. The maximum Gasteiger partial charge on any atom is 0.300 e. The van der Waals surface area contributed by atoms with Crippen molar-refractivity contribution >= 4 is 23.1 Å². The van der Waals surface area contributed by atoms with Crippen molar-refractivity contribution in [3.63, 3.8) is 0 Å². The number of hydrogen-bond acceptors (Lipinski definition) is 5. The molecule has 1 saturated heterocycles. The highest BCUT2D eigenvalue weighted by atomic mass is 19.1. The molecule has 0 radical (unpaired) electrons. The van der Waals surface area contributed by atoms with Crippen molar-refractivity contribution in [1.82, 2.24) is 0 Å². The van der Waals surface area contributed by atoms with Gasteiger partial charge in [0.05, 0.1) is 18.2 Å². The number of hydrogen-bond donors (Lipinski definition) is 2. The Morgan fingerprint density at radius 1 is 1.03 bits per heavy atom. The monoisotopic (exact) mass is 489 g/mol. The number of aromatic hydroxyl groups is 1. The number of rotatable bonds is 5. The van der Waals surface area contributed by atoms with Crippen molar-refractivity contribution in [3.8, 4) is 11.5 Å². The SMILES string of the molecule is CCOc1ccc(/C(O)=C2/C(=O)C(=O)N(c3cccc(F)c3)C2c2ccc(O)cc2)cc1C(C)(C)C. The zero-order valence-corrected chi connectivity index (χ0v) is 20.6. The van der Waals surface area contributed by atoms with E-state index in [4.69, 9.17) is 4.74 Å². The second-order valence-corrected chi connectivity index (χ2v) is 9.63. The molecule has 3 aromatic carbocycles. The number of carbonyl (C=O) groups excluding carboxylic acids is 2. The minimum absolute atomic E-state index is 0.00258. The van der Waals surface area contributed by atoms with Crippen molar-refractivity contribution < 1.29 is 28.9 Å². The number of Topliss-reactive ketones (excluding diaryl/α,β-unsaturated/α-hetero) is 1. The fraction of sp³-hybridized carbons (Fsp3) is 0.241. The van der Waals surface area contributed by atoms with Gasteiger partial charge in [-0.05, 0) is 66.4 Å². The number of halogens is 1. The normalized spacial score (nSPS) is 17.5. The number of nitrogens with zero attached hydrogens (tertiary/aromatic N) is 1. The van der Waals surface area contributed by atoms with E-state index in [-0.39, 0.29) is 28.2 Å². The molecule has 0 bridgehead atoms. The summed E-state index contributed by atoms with van der Waals surface area (Å²) in [6.45, 7) is 8.37. The molecule has 1 atom stereocenters. The molecule has 186 valence electrons. The topological polar surface area (TPSA) is 87.1 Å². The van der Waals surface area contributed by atoms with E-state index in [1.165, 1.54) is 35.2 Å². The summed E-state index contributed by atoms with van der Waals surface area (Å²) < 4.78 is 19.8. The van der Waals surface area contributed by atoms with Crippen LogP contribution in [0.3, 0.4) is 0 Å². The fourth-order valence-corrected chi connectivity index (χ4v) is 4.40. The molecule has 4 rings (SSSR count). The number of phenolic OH excluding ortho intramolecular Hbond substituents is 1. The van der Waals surface area contributed by atoms with Crippen LogP contribution < -0.4 is 9.64 Å². The Balaban J connectivity index is 1.95. The van der Waals surface area contributed by atoms with E-state index < -0.39 is 23.5 Å². The van der Waals surface area contributed by atoms with Gasteiger partial charge in [-0.25, -0.2) is 4.39 Å². The third kappa shape index (κ3) is 4.56. The molecule has 2 N–H and O–H groups in total. The number of amides is 1. The molecule has 0 spiro atoms. The van der Waals surface area contributed by atoms with E-state index in [9.17, 15) is 24.2 Å². The number of ketones is 1. The average molecular weight is 490 g/mol. The summed E-state index contributed by atoms with van der Waals surface area (Å²) in [5, 5.41) is 21.2. The number of aliphatic hydroxyl groups excluding tert-OH is 1. The van der Waals surface area contributed by atoms with Crippen molar-refractivity contribution in [1.29, 1.82) is 0 Å². The first-order chi connectivity index (χ1) is 17.0. The van der Waals surface area contributed by atoms with Crippen molar-refractivity contribution in [3.05, 3.63) is 94.8 Å². The Bertz CT molecular complexity index is 1350. The molecule has 3 aromatic rings. The predicted octanol–water partition coefficient (Wildman–Crippen LogP) is 5.85. The Morgan fingerprint density at radius 2 is 1.72 bits per heavy atom. The Kier molecular flexibility index (Phi) is 6.59. The fourth-order valence-electron chi connectivity index (χ4n) is 4.40. The van der Waals surface area contributed by atoms with Crippen LogP contribution in [0.2, 0.25) is 0 Å². The minimum Gasteiger partial charge on any atom is -0.508 e. The molecular weight excluding hydrogens is 461 g/mol. The lowest BCUT2D eigenvalue weighted by Gasteiger charge is -2.26. The summed E-state index contributed by atoms with van der Waals surface area (Å²) in [6.07, 6.45) is 0. The van der Waals surface area contributed by atoms with Crippen LogP contribution in [-0.2, 0) is 15.0 Å². The van der Waals surface area contributed by atoms with Crippen LogP contribution in [0.5, 0.6) is 11.5 Å². The van der Waals surface area contributed by atoms with Crippen LogP contribution in [0.25, 0.3) is 5.76 Å². The predicted molar refractivity (Wildman–Crippen MR) is 136 cm³/mol. The molecule has 1 unspecified atom stereocenters. The van der Waals surface area contributed by atoms with Crippen LogP contribution in [0.4, 0.5) is 10.1 Å². The standard InChI is InChI=1S/C29H28FNO5/c1-5-36-23-14-11-18(15-22(23)29(2,3)4)26(33)24-25(17-9-12-21(32)13-10-17)31(28(35)27(24)34)20-8-6-7-19(30)16-20/h6-16,25,32-33H,5H2,1-4H3/b26-24-.